The second kappa shape index (κ2) is 14.0. The zero-order valence-corrected chi connectivity index (χ0v) is 30.9. The molecule has 2 bridgehead atoms. The van der Waals surface area contributed by atoms with Gasteiger partial charge >= 0.3 is 23.9 Å². The van der Waals surface area contributed by atoms with Gasteiger partial charge in [0.15, 0.2) is 23.6 Å². The van der Waals surface area contributed by atoms with Gasteiger partial charge in [0.25, 0.3) is 0 Å². The molecule has 4 N–H and O–H groups in total. The van der Waals surface area contributed by atoms with Crippen LogP contribution in [0.15, 0.2) is 71.8 Å². The Labute approximate surface area is 312 Å². The number of ketones is 1. The Balaban J connectivity index is 1.58. The number of carbonyl (C=O) groups excluding carboxylic acids is 5. The minimum absolute atomic E-state index is 0.00787. The number of hydrogen-bond donors (Lipinski definition) is 4. The number of carbonyl (C=O) groups is 5. The van der Waals surface area contributed by atoms with E-state index in [1.54, 1.807) is 50.2 Å². The predicted octanol–water partition coefficient (Wildman–Crippen LogP) is 2.30. The highest BCUT2D eigenvalue weighted by atomic mass is 16.6. The Morgan fingerprint density at radius 3 is 2.06 bits per heavy atom. The summed E-state index contributed by atoms with van der Waals surface area (Å²) < 4.78 is 29.8. The first kappa shape index (κ1) is 39.2. The molecule has 3 aliphatic carbocycles. The van der Waals surface area contributed by atoms with Crippen LogP contribution in [0, 0.1) is 16.7 Å². The molecule has 14 nitrogen and oxygen atoms in total. The Hall–Kier alpha value is -4.47. The van der Waals surface area contributed by atoms with E-state index >= 15 is 4.79 Å². The number of aliphatic hydroxyl groups excluding tert-OH is 3. The molecule has 290 valence electrons. The molecule has 1 heterocycles. The summed E-state index contributed by atoms with van der Waals surface area (Å²) in [5.74, 6) is -6.22. The molecular formula is C40H46O14. The largest absolute Gasteiger partial charge is 0.456 e. The van der Waals surface area contributed by atoms with Gasteiger partial charge in [0.05, 0.1) is 29.6 Å². The highest BCUT2D eigenvalue weighted by Crippen LogP contribution is 2.64. The highest BCUT2D eigenvalue weighted by Gasteiger charge is 2.78. The number of rotatable bonds is 8. The average Bonchev–Trinajstić information content (AvgIpc) is 3.12. The van der Waals surface area contributed by atoms with E-state index in [1.165, 1.54) is 38.1 Å². The number of Topliss-reactive ketones (excluding diaryl/α,β-unsaturated/α-hetero) is 1. The molecule has 0 radical (unpaired) electrons. The first-order valence-electron chi connectivity index (χ1n) is 17.8. The van der Waals surface area contributed by atoms with Gasteiger partial charge in [-0.1, -0.05) is 62.4 Å². The van der Waals surface area contributed by atoms with Crippen LogP contribution in [0.25, 0.3) is 0 Å². The maximum Gasteiger partial charge on any atom is 0.338 e. The van der Waals surface area contributed by atoms with Gasteiger partial charge in [0.2, 0.25) is 0 Å². The maximum atomic E-state index is 15.3. The molecule has 4 aliphatic rings. The van der Waals surface area contributed by atoms with E-state index in [0.717, 1.165) is 13.8 Å². The van der Waals surface area contributed by atoms with Crippen molar-refractivity contribution in [2.24, 2.45) is 16.7 Å². The average molecular weight is 751 g/mol. The zero-order chi connectivity index (χ0) is 39.5. The van der Waals surface area contributed by atoms with Crippen molar-refractivity contribution in [3.63, 3.8) is 0 Å². The Kier molecular flexibility index (Phi) is 10.2. The van der Waals surface area contributed by atoms with E-state index in [4.69, 9.17) is 23.7 Å². The number of aliphatic hydroxyl groups is 4. The number of hydrogen-bond acceptors (Lipinski definition) is 14. The molecule has 54 heavy (non-hydrogen) atoms. The third kappa shape index (κ3) is 6.04. The van der Waals surface area contributed by atoms with Gasteiger partial charge in [0, 0.05) is 32.1 Å². The summed E-state index contributed by atoms with van der Waals surface area (Å²) in [6.45, 7) is 7.96. The summed E-state index contributed by atoms with van der Waals surface area (Å²) >= 11 is 0. The third-order valence-electron chi connectivity index (χ3n) is 12.1. The smallest absolute Gasteiger partial charge is 0.338 e. The lowest BCUT2D eigenvalue weighted by Gasteiger charge is -2.67. The van der Waals surface area contributed by atoms with Gasteiger partial charge in [-0.25, -0.2) is 9.59 Å². The van der Waals surface area contributed by atoms with Crippen LogP contribution < -0.4 is 0 Å². The standard InChI is InChI=1S/C40H46O14/c1-20-25(52-36(48)30(45)29(44)23-13-9-7-10-14-23)18-40(49)34(53-35(47)24-15-11-8-12-16-24)32-38(6,26(43)17-27-39(32,19-50-27)54-22(3)42)33(46)31(51-21(2)41)28(20)37(40,4)5/h7-16,25-27,29-32,34,43-45,49H,17-19H2,1-6H3/t25-,26-,27+,29+,30+,31+,32?,34?,38+,39-,40+/m0/s1. The van der Waals surface area contributed by atoms with Gasteiger partial charge in [-0.2, -0.15) is 0 Å². The summed E-state index contributed by atoms with van der Waals surface area (Å²) in [5.41, 5.74) is -7.26. The van der Waals surface area contributed by atoms with E-state index in [2.05, 4.69) is 0 Å². The van der Waals surface area contributed by atoms with Crippen molar-refractivity contribution in [3.8, 4) is 0 Å². The maximum absolute atomic E-state index is 15.3. The number of esters is 4. The van der Waals surface area contributed by atoms with Crippen LogP contribution in [-0.4, -0.2) is 105 Å². The zero-order valence-electron chi connectivity index (χ0n) is 30.9. The van der Waals surface area contributed by atoms with E-state index in [9.17, 15) is 39.6 Å². The van der Waals surface area contributed by atoms with E-state index in [1.807, 2.05) is 0 Å². The Morgan fingerprint density at radius 1 is 0.889 bits per heavy atom. The van der Waals surface area contributed by atoms with E-state index < -0.39 is 107 Å². The summed E-state index contributed by atoms with van der Waals surface area (Å²) in [5, 5.41) is 47.2. The minimum Gasteiger partial charge on any atom is -0.456 e. The molecule has 2 saturated carbocycles. The molecule has 14 heteroatoms. The molecule has 1 saturated heterocycles. The topological polar surface area (TPSA) is 212 Å². The molecule has 0 amide bonds. The molecule has 0 aromatic heterocycles. The van der Waals surface area contributed by atoms with Crippen LogP contribution in [0.5, 0.6) is 0 Å². The fourth-order valence-electron chi connectivity index (χ4n) is 9.19. The SMILES string of the molecule is CC(=O)O[C@H]1C(=O)[C@@]2(C)C(C(OC(=O)c3ccccc3)[C@]3(O)C[C@H](OC(=O)[C@H](O)[C@H](O)c4ccccc4)C(C)=C1C3(C)C)[C@]1(OC(C)=O)CO[C@@H]1C[C@@H]2O. The lowest BCUT2D eigenvalue weighted by molar-refractivity contribution is -0.346. The monoisotopic (exact) mass is 750 g/mol. The first-order chi connectivity index (χ1) is 25.3. The van der Waals surface area contributed by atoms with Crippen molar-refractivity contribution in [2.75, 3.05) is 6.61 Å². The van der Waals surface area contributed by atoms with Crippen molar-refractivity contribution in [2.45, 2.75) is 108 Å². The predicted molar refractivity (Wildman–Crippen MR) is 186 cm³/mol. The van der Waals surface area contributed by atoms with Gasteiger partial charge in [-0.05, 0) is 42.7 Å². The fourth-order valence-corrected chi connectivity index (χ4v) is 9.19. The van der Waals surface area contributed by atoms with Gasteiger partial charge in [-0.15, -0.1) is 0 Å². The molecule has 2 unspecified atom stereocenters. The lowest BCUT2D eigenvalue weighted by Crippen LogP contribution is -2.82. The van der Waals surface area contributed by atoms with Crippen LogP contribution in [0.3, 0.4) is 0 Å². The number of fused-ring (bicyclic) bond motifs is 5. The molecule has 11 atom stereocenters. The molecule has 2 aromatic carbocycles. The van der Waals surface area contributed by atoms with E-state index in [0.29, 0.717) is 0 Å². The summed E-state index contributed by atoms with van der Waals surface area (Å²) in [6, 6.07) is 15.8. The highest BCUT2D eigenvalue weighted by molar-refractivity contribution is 5.95. The lowest BCUT2D eigenvalue weighted by atomic mass is 9.44. The van der Waals surface area contributed by atoms with Crippen molar-refractivity contribution >= 4 is 29.7 Å². The third-order valence-corrected chi connectivity index (χ3v) is 12.1. The van der Waals surface area contributed by atoms with Crippen LogP contribution >= 0.6 is 0 Å². The molecule has 3 fully saturated rings. The molecule has 1 aliphatic heterocycles. The quantitative estimate of drug-likeness (QED) is 0.173. The van der Waals surface area contributed by atoms with Crippen LogP contribution in [-0.2, 0) is 42.9 Å². The van der Waals surface area contributed by atoms with Crippen molar-refractivity contribution in [3.05, 3.63) is 82.9 Å². The Bertz CT molecular complexity index is 1860. The minimum atomic E-state index is -2.35. The normalized spacial score (nSPS) is 35.0. The van der Waals surface area contributed by atoms with Gasteiger partial charge < -0.3 is 44.1 Å². The van der Waals surface area contributed by atoms with Crippen LogP contribution in [0.1, 0.15) is 76.4 Å². The van der Waals surface area contributed by atoms with Gasteiger partial charge in [-0.3, -0.25) is 14.4 Å². The summed E-state index contributed by atoms with van der Waals surface area (Å²) in [4.78, 5) is 68.6. The number of benzene rings is 2. The first-order valence-corrected chi connectivity index (χ1v) is 17.8. The van der Waals surface area contributed by atoms with Crippen molar-refractivity contribution in [1.82, 2.24) is 0 Å². The van der Waals surface area contributed by atoms with Crippen LogP contribution in [0.2, 0.25) is 0 Å². The Morgan fingerprint density at radius 2 is 1.50 bits per heavy atom. The second-order valence-electron chi connectivity index (χ2n) is 15.5. The molecule has 0 spiro atoms. The van der Waals surface area contributed by atoms with Crippen molar-refractivity contribution < 1.29 is 68.1 Å². The summed E-state index contributed by atoms with van der Waals surface area (Å²) in [6.07, 6.45) is -12.1. The fraction of sp³-hybridized carbons (Fsp3) is 0.525. The van der Waals surface area contributed by atoms with Crippen LogP contribution in [0.4, 0.5) is 0 Å². The summed E-state index contributed by atoms with van der Waals surface area (Å²) in [7, 11) is 0. The van der Waals surface area contributed by atoms with E-state index in [-0.39, 0.29) is 35.3 Å². The molecule has 2 aromatic rings. The molecular weight excluding hydrogens is 704 g/mol. The van der Waals surface area contributed by atoms with Gasteiger partial charge in [0.1, 0.15) is 30.0 Å². The van der Waals surface area contributed by atoms with Crippen molar-refractivity contribution in [1.29, 1.82) is 0 Å². The second-order valence-corrected chi connectivity index (χ2v) is 15.5. The number of ether oxygens (including phenoxy) is 5. The molecule has 6 rings (SSSR count).